The molecule has 1 unspecified atom stereocenters. The molecule has 0 aliphatic carbocycles. The SMILES string of the molecule is C#CCC(N)C(=O)NCc1cc(Br)cs1. The number of terminal acetylenes is 1. The Labute approximate surface area is 101 Å². The van der Waals surface area contributed by atoms with Crippen LogP contribution in [0.3, 0.4) is 0 Å². The maximum atomic E-state index is 11.4. The Morgan fingerprint density at radius 2 is 2.53 bits per heavy atom. The Morgan fingerprint density at radius 3 is 3.07 bits per heavy atom. The molecule has 3 nitrogen and oxygen atoms in total. The van der Waals surface area contributed by atoms with Crippen LogP contribution < -0.4 is 11.1 Å². The van der Waals surface area contributed by atoms with Crippen molar-refractivity contribution < 1.29 is 4.79 Å². The van der Waals surface area contributed by atoms with Gasteiger partial charge < -0.3 is 11.1 Å². The monoisotopic (exact) mass is 286 g/mol. The van der Waals surface area contributed by atoms with Gasteiger partial charge in [0.25, 0.3) is 0 Å². The molecule has 3 N–H and O–H groups in total. The average Bonchev–Trinajstić information content (AvgIpc) is 2.61. The van der Waals surface area contributed by atoms with Crippen LogP contribution >= 0.6 is 27.3 Å². The Hall–Kier alpha value is -0.830. The minimum Gasteiger partial charge on any atom is -0.350 e. The zero-order valence-corrected chi connectivity index (χ0v) is 10.4. The molecule has 0 saturated carbocycles. The predicted octanol–water partition coefficient (Wildman–Crippen LogP) is 1.48. The highest BCUT2D eigenvalue weighted by Gasteiger charge is 2.11. The van der Waals surface area contributed by atoms with E-state index in [1.54, 1.807) is 11.3 Å². The smallest absolute Gasteiger partial charge is 0.238 e. The van der Waals surface area contributed by atoms with Gasteiger partial charge in [-0.25, -0.2) is 0 Å². The molecule has 0 fully saturated rings. The van der Waals surface area contributed by atoms with Crippen LogP contribution in [-0.2, 0) is 11.3 Å². The van der Waals surface area contributed by atoms with E-state index in [0.29, 0.717) is 6.54 Å². The highest BCUT2D eigenvalue weighted by molar-refractivity contribution is 9.10. The lowest BCUT2D eigenvalue weighted by Gasteiger charge is -2.08. The molecule has 0 aromatic carbocycles. The van der Waals surface area contributed by atoms with E-state index in [-0.39, 0.29) is 12.3 Å². The topological polar surface area (TPSA) is 55.1 Å². The summed E-state index contributed by atoms with van der Waals surface area (Å²) in [6.45, 7) is 0.493. The number of nitrogens with one attached hydrogen (secondary N) is 1. The van der Waals surface area contributed by atoms with Gasteiger partial charge in [0.2, 0.25) is 5.91 Å². The zero-order chi connectivity index (χ0) is 11.3. The van der Waals surface area contributed by atoms with Crippen LogP contribution in [0.4, 0.5) is 0 Å². The van der Waals surface area contributed by atoms with Crippen molar-refractivity contribution in [3.63, 3.8) is 0 Å². The van der Waals surface area contributed by atoms with E-state index in [4.69, 9.17) is 12.2 Å². The standard InChI is InChI=1S/C10H11BrN2OS/c1-2-3-9(12)10(14)13-5-8-4-7(11)6-15-8/h1,4,6,9H,3,5,12H2,(H,13,14). The van der Waals surface area contributed by atoms with Crippen LogP contribution in [0.15, 0.2) is 15.9 Å². The number of thiophene rings is 1. The second kappa shape index (κ2) is 5.91. The first-order valence-corrected chi connectivity index (χ1v) is 6.00. The van der Waals surface area contributed by atoms with E-state index in [1.807, 2.05) is 11.4 Å². The van der Waals surface area contributed by atoms with Gasteiger partial charge in [-0.15, -0.1) is 23.7 Å². The molecule has 15 heavy (non-hydrogen) atoms. The molecule has 1 heterocycles. The highest BCUT2D eigenvalue weighted by Crippen LogP contribution is 2.19. The lowest BCUT2D eigenvalue weighted by atomic mass is 10.2. The highest BCUT2D eigenvalue weighted by atomic mass is 79.9. The Morgan fingerprint density at radius 1 is 1.80 bits per heavy atom. The largest absolute Gasteiger partial charge is 0.350 e. The number of amides is 1. The third-order valence-electron chi connectivity index (χ3n) is 1.73. The molecule has 0 saturated heterocycles. The van der Waals surface area contributed by atoms with E-state index in [2.05, 4.69) is 27.2 Å². The first kappa shape index (κ1) is 12.2. The van der Waals surface area contributed by atoms with Gasteiger partial charge in [0.1, 0.15) is 0 Å². The van der Waals surface area contributed by atoms with Gasteiger partial charge in [0.05, 0.1) is 12.6 Å². The second-order valence-electron chi connectivity index (χ2n) is 2.96. The van der Waals surface area contributed by atoms with Gasteiger partial charge in [-0.3, -0.25) is 4.79 Å². The fraction of sp³-hybridized carbons (Fsp3) is 0.300. The maximum absolute atomic E-state index is 11.4. The number of halogens is 1. The number of hydrogen-bond donors (Lipinski definition) is 2. The predicted molar refractivity (Wildman–Crippen MR) is 65.3 cm³/mol. The van der Waals surface area contributed by atoms with Crippen LogP contribution in [0, 0.1) is 12.3 Å². The quantitative estimate of drug-likeness (QED) is 0.824. The van der Waals surface area contributed by atoms with Gasteiger partial charge in [-0.05, 0) is 22.0 Å². The van der Waals surface area contributed by atoms with Crippen LogP contribution in [0.25, 0.3) is 0 Å². The van der Waals surface area contributed by atoms with Crippen molar-refractivity contribution in [1.29, 1.82) is 0 Å². The van der Waals surface area contributed by atoms with Crippen molar-refractivity contribution in [2.45, 2.75) is 19.0 Å². The first-order chi connectivity index (χ1) is 7.13. The molecule has 0 aliphatic heterocycles. The van der Waals surface area contributed by atoms with Crippen molar-refractivity contribution in [2.75, 3.05) is 0 Å². The molecule has 1 rings (SSSR count). The summed E-state index contributed by atoms with van der Waals surface area (Å²) in [6, 6.07) is 1.34. The molecule has 1 aromatic rings. The fourth-order valence-corrected chi connectivity index (χ4v) is 2.36. The van der Waals surface area contributed by atoms with Crippen molar-refractivity contribution in [2.24, 2.45) is 5.73 Å². The van der Waals surface area contributed by atoms with Crippen molar-refractivity contribution in [3.05, 3.63) is 20.8 Å². The summed E-state index contributed by atoms with van der Waals surface area (Å²) in [5.41, 5.74) is 5.54. The molecule has 80 valence electrons. The van der Waals surface area contributed by atoms with E-state index < -0.39 is 6.04 Å². The van der Waals surface area contributed by atoms with Crippen molar-refractivity contribution in [3.8, 4) is 12.3 Å². The number of carbonyl (C=O) groups excluding carboxylic acids is 1. The molecular formula is C10H11BrN2OS. The molecule has 5 heteroatoms. The fourth-order valence-electron chi connectivity index (χ4n) is 0.972. The summed E-state index contributed by atoms with van der Waals surface area (Å²) < 4.78 is 1.02. The Balaban J connectivity index is 2.38. The van der Waals surface area contributed by atoms with Crippen molar-refractivity contribution in [1.82, 2.24) is 5.32 Å². The van der Waals surface area contributed by atoms with Crippen LogP contribution in [0.1, 0.15) is 11.3 Å². The van der Waals surface area contributed by atoms with Crippen LogP contribution in [0.2, 0.25) is 0 Å². The van der Waals surface area contributed by atoms with Crippen molar-refractivity contribution >= 4 is 33.2 Å². The lowest BCUT2D eigenvalue weighted by Crippen LogP contribution is -2.39. The minimum absolute atomic E-state index is 0.211. The van der Waals surface area contributed by atoms with Crippen LogP contribution in [0.5, 0.6) is 0 Å². The summed E-state index contributed by atoms with van der Waals surface area (Å²) in [5, 5.41) is 4.69. The molecule has 0 bridgehead atoms. The molecule has 1 atom stereocenters. The molecule has 1 aromatic heterocycles. The van der Waals surface area contributed by atoms with Gasteiger partial charge in [0.15, 0.2) is 0 Å². The van der Waals surface area contributed by atoms with E-state index >= 15 is 0 Å². The summed E-state index contributed by atoms with van der Waals surface area (Å²) in [4.78, 5) is 12.4. The number of carbonyl (C=O) groups is 1. The first-order valence-electron chi connectivity index (χ1n) is 4.33. The summed E-state index contributed by atoms with van der Waals surface area (Å²) in [7, 11) is 0. The molecule has 0 radical (unpaired) electrons. The van der Waals surface area contributed by atoms with E-state index in [1.165, 1.54) is 0 Å². The van der Waals surface area contributed by atoms with E-state index in [9.17, 15) is 4.79 Å². The summed E-state index contributed by atoms with van der Waals surface area (Å²) in [6.07, 6.45) is 5.33. The number of rotatable bonds is 4. The molecule has 1 amide bonds. The maximum Gasteiger partial charge on any atom is 0.238 e. The minimum atomic E-state index is -0.613. The summed E-state index contributed by atoms with van der Waals surface area (Å²) >= 11 is 4.91. The van der Waals surface area contributed by atoms with Gasteiger partial charge in [-0.1, -0.05) is 0 Å². The van der Waals surface area contributed by atoms with Gasteiger partial charge in [-0.2, -0.15) is 0 Å². The van der Waals surface area contributed by atoms with E-state index in [0.717, 1.165) is 9.35 Å². The normalized spacial score (nSPS) is 11.8. The third-order valence-corrected chi connectivity index (χ3v) is 3.43. The van der Waals surface area contributed by atoms with Crippen LogP contribution in [-0.4, -0.2) is 11.9 Å². The molecule has 0 spiro atoms. The van der Waals surface area contributed by atoms with Gasteiger partial charge >= 0.3 is 0 Å². The zero-order valence-electron chi connectivity index (χ0n) is 8.00. The third kappa shape index (κ3) is 4.04. The average molecular weight is 287 g/mol. The number of nitrogens with two attached hydrogens (primary N) is 1. The summed E-state index contributed by atoms with van der Waals surface area (Å²) in [5.74, 6) is 2.15. The molecule has 0 aliphatic rings. The Bertz CT molecular complexity index is 383. The lowest BCUT2D eigenvalue weighted by molar-refractivity contribution is -0.122. The molecular weight excluding hydrogens is 276 g/mol. The Kier molecular flexibility index (Phi) is 4.82. The number of hydrogen-bond acceptors (Lipinski definition) is 3. The second-order valence-corrected chi connectivity index (χ2v) is 4.88. The van der Waals surface area contributed by atoms with Gasteiger partial charge in [0, 0.05) is 21.2 Å².